The summed E-state index contributed by atoms with van der Waals surface area (Å²) in [6.07, 6.45) is 4.65. The van der Waals surface area contributed by atoms with Crippen molar-refractivity contribution in [2.24, 2.45) is 4.99 Å². The molecule has 1 unspecified atom stereocenters. The molecule has 0 saturated carbocycles. The standard InChI is InChI=1S/C17H29N3O2S/c1-14(15-9-11-23-13-15)12-20-17(18-2)19-10-7-5-4-6-8-16(21)22-3/h9,11,13-14H,4-8,10,12H2,1-3H3,(H2,18,19,20). The maximum Gasteiger partial charge on any atom is 0.305 e. The van der Waals surface area contributed by atoms with Crippen LogP contribution in [0.25, 0.3) is 0 Å². The van der Waals surface area contributed by atoms with Crippen LogP contribution >= 0.6 is 11.3 Å². The number of ether oxygens (including phenoxy) is 1. The van der Waals surface area contributed by atoms with Crippen molar-refractivity contribution in [2.45, 2.75) is 44.9 Å². The van der Waals surface area contributed by atoms with Gasteiger partial charge in [-0.05, 0) is 41.1 Å². The smallest absolute Gasteiger partial charge is 0.305 e. The first-order valence-electron chi connectivity index (χ1n) is 8.20. The molecule has 0 fully saturated rings. The molecule has 0 bridgehead atoms. The van der Waals surface area contributed by atoms with Gasteiger partial charge in [-0.25, -0.2) is 0 Å². The molecule has 1 aromatic rings. The van der Waals surface area contributed by atoms with Crippen LogP contribution in [0.5, 0.6) is 0 Å². The molecule has 2 N–H and O–H groups in total. The zero-order valence-corrected chi connectivity index (χ0v) is 15.2. The largest absolute Gasteiger partial charge is 0.469 e. The van der Waals surface area contributed by atoms with E-state index >= 15 is 0 Å². The predicted octanol–water partition coefficient (Wildman–Crippen LogP) is 3.14. The van der Waals surface area contributed by atoms with Crippen LogP contribution in [0.4, 0.5) is 0 Å². The van der Waals surface area contributed by atoms with Crippen molar-refractivity contribution in [2.75, 3.05) is 27.2 Å². The van der Waals surface area contributed by atoms with Gasteiger partial charge in [-0.15, -0.1) is 0 Å². The number of nitrogens with one attached hydrogen (secondary N) is 2. The Hall–Kier alpha value is -1.56. The van der Waals surface area contributed by atoms with Crippen LogP contribution in [0.2, 0.25) is 0 Å². The minimum atomic E-state index is -0.118. The second-order valence-electron chi connectivity index (χ2n) is 5.58. The first-order valence-corrected chi connectivity index (χ1v) is 9.15. The lowest BCUT2D eigenvalue weighted by Gasteiger charge is -2.15. The fourth-order valence-electron chi connectivity index (χ4n) is 2.20. The number of methoxy groups -OCH3 is 1. The summed E-state index contributed by atoms with van der Waals surface area (Å²) in [6, 6.07) is 2.17. The Labute approximate surface area is 143 Å². The zero-order valence-electron chi connectivity index (χ0n) is 14.4. The number of carbonyl (C=O) groups is 1. The quantitative estimate of drug-likeness (QED) is 0.297. The third kappa shape index (κ3) is 8.59. The number of nitrogens with zero attached hydrogens (tertiary/aromatic N) is 1. The summed E-state index contributed by atoms with van der Waals surface area (Å²) >= 11 is 1.73. The number of unbranched alkanes of at least 4 members (excludes halogenated alkanes) is 3. The number of thiophene rings is 1. The van der Waals surface area contributed by atoms with Crippen molar-refractivity contribution >= 4 is 23.3 Å². The maximum atomic E-state index is 11.0. The number of hydrogen-bond acceptors (Lipinski definition) is 4. The Kier molecular flexibility index (Phi) is 10.1. The molecule has 6 heteroatoms. The average molecular weight is 340 g/mol. The molecule has 1 rings (SSSR count). The van der Waals surface area contributed by atoms with Gasteiger partial charge in [0.15, 0.2) is 5.96 Å². The highest BCUT2D eigenvalue weighted by Crippen LogP contribution is 2.16. The lowest BCUT2D eigenvalue weighted by atomic mass is 10.1. The molecule has 1 atom stereocenters. The van der Waals surface area contributed by atoms with Crippen molar-refractivity contribution < 1.29 is 9.53 Å². The molecule has 1 heterocycles. The molecule has 5 nitrogen and oxygen atoms in total. The van der Waals surface area contributed by atoms with Crippen molar-refractivity contribution in [3.8, 4) is 0 Å². The van der Waals surface area contributed by atoms with E-state index in [9.17, 15) is 4.79 Å². The molecule has 0 aliphatic carbocycles. The molecule has 0 aliphatic rings. The topological polar surface area (TPSA) is 62.7 Å². The molecule has 0 amide bonds. The van der Waals surface area contributed by atoms with Crippen LogP contribution < -0.4 is 10.6 Å². The van der Waals surface area contributed by atoms with Gasteiger partial charge in [-0.3, -0.25) is 9.79 Å². The molecule has 23 heavy (non-hydrogen) atoms. The van der Waals surface area contributed by atoms with Crippen LogP contribution in [0.3, 0.4) is 0 Å². The molecule has 0 radical (unpaired) electrons. The van der Waals surface area contributed by atoms with Gasteiger partial charge in [0.1, 0.15) is 0 Å². The number of esters is 1. The molecule has 0 aromatic carbocycles. The van der Waals surface area contributed by atoms with E-state index in [1.54, 1.807) is 18.4 Å². The summed E-state index contributed by atoms with van der Waals surface area (Å²) < 4.78 is 4.62. The van der Waals surface area contributed by atoms with Crippen LogP contribution in [-0.2, 0) is 9.53 Å². The highest BCUT2D eigenvalue weighted by Gasteiger charge is 2.06. The van der Waals surface area contributed by atoms with Gasteiger partial charge in [-0.2, -0.15) is 11.3 Å². The number of aliphatic imine (C=N–C) groups is 1. The highest BCUT2D eigenvalue weighted by atomic mass is 32.1. The number of rotatable bonds is 10. The Morgan fingerprint density at radius 1 is 1.30 bits per heavy atom. The minimum Gasteiger partial charge on any atom is -0.469 e. The van der Waals surface area contributed by atoms with Crippen molar-refractivity contribution in [3.05, 3.63) is 22.4 Å². The van der Waals surface area contributed by atoms with Gasteiger partial charge in [0, 0.05) is 26.6 Å². The van der Waals surface area contributed by atoms with E-state index in [2.05, 4.69) is 44.1 Å². The lowest BCUT2D eigenvalue weighted by molar-refractivity contribution is -0.140. The minimum absolute atomic E-state index is 0.118. The Bertz CT molecular complexity index is 460. The van der Waals surface area contributed by atoms with Crippen molar-refractivity contribution in [1.82, 2.24) is 10.6 Å². The maximum absolute atomic E-state index is 11.0. The Balaban J connectivity index is 2.07. The van der Waals surface area contributed by atoms with Gasteiger partial charge in [0.25, 0.3) is 0 Å². The average Bonchev–Trinajstić information content (AvgIpc) is 3.10. The lowest BCUT2D eigenvalue weighted by Crippen LogP contribution is -2.39. The molecule has 0 aliphatic heterocycles. The first-order chi connectivity index (χ1) is 11.2. The SMILES string of the molecule is CN=C(NCCCCCCC(=O)OC)NCC(C)c1ccsc1. The van der Waals surface area contributed by atoms with Gasteiger partial charge < -0.3 is 15.4 Å². The zero-order chi connectivity index (χ0) is 16.9. The molecule has 130 valence electrons. The summed E-state index contributed by atoms with van der Waals surface area (Å²) in [6.45, 7) is 3.98. The normalized spacial score (nSPS) is 12.7. The van der Waals surface area contributed by atoms with Crippen LogP contribution in [0.15, 0.2) is 21.8 Å². The highest BCUT2D eigenvalue weighted by molar-refractivity contribution is 7.07. The summed E-state index contributed by atoms with van der Waals surface area (Å²) in [4.78, 5) is 15.2. The van der Waals surface area contributed by atoms with Gasteiger partial charge in [0.2, 0.25) is 0 Å². The predicted molar refractivity (Wildman–Crippen MR) is 97.2 cm³/mol. The third-order valence-electron chi connectivity index (χ3n) is 3.74. The molecule has 1 aromatic heterocycles. The van der Waals surface area contributed by atoms with E-state index in [0.29, 0.717) is 12.3 Å². The second-order valence-corrected chi connectivity index (χ2v) is 6.36. The monoisotopic (exact) mass is 339 g/mol. The van der Waals surface area contributed by atoms with Gasteiger partial charge in [-0.1, -0.05) is 19.8 Å². The van der Waals surface area contributed by atoms with Crippen LogP contribution in [0.1, 0.15) is 50.5 Å². The molecular weight excluding hydrogens is 310 g/mol. The molecular formula is C17H29N3O2S. The van der Waals surface area contributed by atoms with E-state index in [0.717, 1.165) is 44.7 Å². The summed E-state index contributed by atoms with van der Waals surface area (Å²) in [7, 11) is 3.23. The number of hydrogen-bond donors (Lipinski definition) is 2. The van der Waals surface area contributed by atoms with E-state index < -0.39 is 0 Å². The Morgan fingerprint density at radius 3 is 2.74 bits per heavy atom. The van der Waals surface area contributed by atoms with Gasteiger partial charge in [0.05, 0.1) is 7.11 Å². The van der Waals surface area contributed by atoms with Gasteiger partial charge >= 0.3 is 5.97 Å². The van der Waals surface area contributed by atoms with Crippen LogP contribution in [0, 0.1) is 0 Å². The molecule has 0 spiro atoms. The number of carbonyl (C=O) groups excluding carboxylic acids is 1. The Morgan fingerprint density at radius 2 is 2.09 bits per heavy atom. The summed E-state index contributed by atoms with van der Waals surface area (Å²) in [5.74, 6) is 1.20. The summed E-state index contributed by atoms with van der Waals surface area (Å²) in [5.41, 5.74) is 1.36. The van der Waals surface area contributed by atoms with E-state index in [1.807, 2.05) is 0 Å². The first kappa shape index (κ1) is 19.5. The third-order valence-corrected chi connectivity index (χ3v) is 4.44. The van der Waals surface area contributed by atoms with E-state index in [1.165, 1.54) is 12.7 Å². The fraction of sp³-hybridized carbons (Fsp3) is 0.647. The second kappa shape index (κ2) is 11.9. The van der Waals surface area contributed by atoms with E-state index in [4.69, 9.17) is 0 Å². The number of guanidine groups is 1. The van der Waals surface area contributed by atoms with E-state index in [-0.39, 0.29) is 5.97 Å². The van der Waals surface area contributed by atoms with Crippen molar-refractivity contribution in [1.29, 1.82) is 0 Å². The fourth-order valence-corrected chi connectivity index (χ4v) is 2.98. The van der Waals surface area contributed by atoms with Crippen molar-refractivity contribution in [3.63, 3.8) is 0 Å². The van der Waals surface area contributed by atoms with Crippen LogP contribution in [-0.4, -0.2) is 39.2 Å². The summed E-state index contributed by atoms with van der Waals surface area (Å²) in [5, 5.41) is 11.0. The molecule has 0 saturated heterocycles.